The minimum atomic E-state index is -3.34. The Balaban J connectivity index is 1.37. The summed E-state index contributed by atoms with van der Waals surface area (Å²) in [5, 5.41) is 9.91. The number of nitrogens with one attached hydrogen (secondary N) is 2. The molecule has 0 atom stereocenters. The van der Waals surface area contributed by atoms with Crippen LogP contribution in [0.25, 0.3) is 11.1 Å². The molecule has 33 heavy (non-hydrogen) atoms. The fourth-order valence-corrected chi connectivity index (χ4v) is 3.83. The number of aromatic nitrogens is 4. The lowest BCUT2D eigenvalue weighted by molar-refractivity contribution is -0.115. The highest BCUT2D eigenvalue weighted by atomic mass is 32.2. The number of sulfone groups is 1. The summed E-state index contributed by atoms with van der Waals surface area (Å²) in [6.45, 7) is 0. The molecule has 0 fully saturated rings. The fourth-order valence-electron chi connectivity index (χ4n) is 3.17. The minimum Gasteiger partial charge on any atom is -0.326 e. The Kier molecular flexibility index (Phi) is 6.18. The molecule has 4 aromatic rings. The van der Waals surface area contributed by atoms with Crippen molar-refractivity contribution in [2.45, 2.75) is 11.3 Å². The second kappa shape index (κ2) is 9.21. The molecule has 0 spiro atoms. The van der Waals surface area contributed by atoms with Crippen molar-refractivity contribution in [3.05, 3.63) is 78.9 Å². The number of hydrogen-bond acceptors (Lipinski definition) is 7. The molecule has 10 heteroatoms. The van der Waals surface area contributed by atoms with Gasteiger partial charge in [-0.3, -0.25) is 9.48 Å². The van der Waals surface area contributed by atoms with Crippen LogP contribution in [0.4, 0.5) is 17.3 Å². The monoisotopic (exact) mass is 462 g/mol. The quantitative estimate of drug-likeness (QED) is 0.433. The second-order valence-electron chi connectivity index (χ2n) is 7.54. The predicted molar refractivity (Wildman–Crippen MR) is 126 cm³/mol. The molecule has 0 radical (unpaired) electrons. The molecule has 0 aliphatic carbocycles. The molecule has 1 amide bonds. The van der Waals surface area contributed by atoms with Gasteiger partial charge in [0.05, 0.1) is 23.2 Å². The van der Waals surface area contributed by atoms with Crippen molar-refractivity contribution < 1.29 is 13.2 Å². The molecule has 9 nitrogen and oxygen atoms in total. The minimum absolute atomic E-state index is 0.161. The van der Waals surface area contributed by atoms with Crippen LogP contribution in [0, 0.1) is 0 Å². The van der Waals surface area contributed by atoms with E-state index in [1.807, 2.05) is 37.5 Å². The van der Waals surface area contributed by atoms with Gasteiger partial charge in [0.2, 0.25) is 11.9 Å². The molecule has 0 bridgehead atoms. The van der Waals surface area contributed by atoms with Crippen LogP contribution in [0.15, 0.2) is 78.2 Å². The van der Waals surface area contributed by atoms with E-state index in [0.717, 1.165) is 28.6 Å². The molecule has 2 aromatic carbocycles. The van der Waals surface area contributed by atoms with Crippen molar-refractivity contribution >= 4 is 33.1 Å². The van der Waals surface area contributed by atoms with Gasteiger partial charge in [-0.2, -0.15) is 5.10 Å². The molecule has 4 rings (SSSR count). The SMILES string of the molecule is Cn1cc(Nc2ncc(-c3ccc(CC(=O)Nc4cccc(S(C)(=O)=O)c4)cc3)cn2)cn1. The zero-order valence-electron chi connectivity index (χ0n) is 18.1. The lowest BCUT2D eigenvalue weighted by Gasteiger charge is -2.08. The van der Waals surface area contributed by atoms with Crippen molar-refractivity contribution in [3.63, 3.8) is 0 Å². The number of carbonyl (C=O) groups is 1. The normalized spacial score (nSPS) is 11.2. The Bertz CT molecular complexity index is 1380. The number of benzene rings is 2. The second-order valence-corrected chi connectivity index (χ2v) is 9.56. The van der Waals surface area contributed by atoms with E-state index in [1.54, 1.807) is 35.4 Å². The third-order valence-electron chi connectivity index (χ3n) is 4.81. The van der Waals surface area contributed by atoms with Gasteiger partial charge in [0.1, 0.15) is 0 Å². The topological polar surface area (TPSA) is 119 Å². The van der Waals surface area contributed by atoms with Crippen LogP contribution in [-0.2, 0) is 28.1 Å². The summed E-state index contributed by atoms with van der Waals surface area (Å²) in [5.74, 6) is 0.238. The standard InChI is InChI=1S/C23H22N6O3S/c1-29-15-20(14-26-29)28-23-24-12-18(13-25-23)17-8-6-16(7-9-17)10-22(30)27-19-4-3-5-21(11-19)33(2,31)32/h3-9,11-15H,10H2,1-2H3,(H,27,30)(H,24,25,28). The van der Waals surface area contributed by atoms with E-state index in [0.29, 0.717) is 11.6 Å². The zero-order chi connectivity index (χ0) is 23.4. The van der Waals surface area contributed by atoms with Crippen LogP contribution in [0.1, 0.15) is 5.56 Å². The molecule has 0 saturated carbocycles. The van der Waals surface area contributed by atoms with E-state index in [9.17, 15) is 13.2 Å². The summed E-state index contributed by atoms with van der Waals surface area (Å²) in [7, 11) is -1.51. The Morgan fingerprint density at radius 3 is 2.33 bits per heavy atom. The number of anilines is 3. The molecule has 0 aliphatic rings. The molecule has 0 aliphatic heterocycles. The molecular weight excluding hydrogens is 440 g/mol. The Hall–Kier alpha value is -4.05. The van der Waals surface area contributed by atoms with E-state index in [2.05, 4.69) is 25.7 Å². The maximum atomic E-state index is 12.4. The van der Waals surface area contributed by atoms with Gasteiger partial charge < -0.3 is 10.6 Å². The van der Waals surface area contributed by atoms with Crippen molar-refractivity contribution in [2.24, 2.45) is 7.05 Å². The average Bonchev–Trinajstić information content (AvgIpc) is 3.19. The Morgan fingerprint density at radius 2 is 1.70 bits per heavy atom. The lowest BCUT2D eigenvalue weighted by atomic mass is 10.0. The van der Waals surface area contributed by atoms with E-state index < -0.39 is 9.84 Å². The average molecular weight is 463 g/mol. The number of aryl methyl sites for hydroxylation is 1. The maximum absolute atomic E-state index is 12.4. The predicted octanol–water partition coefficient (Wildman–Crippen LogP) is 3.21. The van der Waals surface area contributed by atoms with Gasteiger partial charge in [0, 0.05) is 43.1 Å². The molecular formula is C23H22N6O3S. The highest BCUT2D eigenvalue weighted by molar-refractivity contribution is 7.90. The van der Waals surface area contributed by atoms with Crippen LogP contribution in [-0.4, -0.2) is 40.3 Å². The summed E-state index contributed by atoms with van der Waals surface area (Å²) in [6, 6.07) is 13.7. The van der Waals surface area contributed by atoms with Gasteiger partial charge in [-0.15, -0.1) is 0 Å². The molecule has 2 heterocycles. The van der Waals surface area contributed by atoms with Crippen LogP contribution in [0.5, 0.6) is 0 Å². The van der Waals surface area contributed by atoms with Crippen molar-refractivity contribution in [1.82, 2.24) is 19.7 Å². The smallest absolute Gasteiger partial charge is 0.228 e. The number of hydrogen-bond donors (Lipinski definition) is 2. The molecule has 2 aromatic heterocycles. The van der Waals surface area contributed by atoms with Gasteiger partial charge in [0.15, 0.2) is 9.84 Å². The van der Waals surface area contributed by atoms with E-state index >= 15 is 0 Å². The van der Waals surface area contributed by atoms with Crippen LogP contribution >= 0.6 is 0 Å². The number of amides is 1. The molecule has 2 N–H and O–H groups in total. The van der Waals surface area contributed by atoms with E-state index in [4.69, 9.17) is 0 Å². The first kappa shape index (κ1) is 22.2. The number of nitrogens with zero attached hydrogens (tertiary/aromatic N) is 4. The van der Waals surface area contributed by atoms with Crippen molar-refractivity contribution in [1.29, 1.82) is 0 Å². The first-order valence-corrected chi connectivity index (χ1v) is 11.9. The molecule has 0 saturated heterocycles. The summed E-state index contributed by atoms with van der Waals surface area (Å²) in [6.07, 6.45) is 8.26. The Morgan fingerprint density at radius 1 is 0.970 bits per heavy atom. The number of rotatable bonds is 7. The lowest BCUT2D eigenvalue weighted by Crippen LogP contribution is -2.14. The van der Waals surface area contributed by atoms with Gasteiger partial charge in [-0.05, 0) is 29.3 Å². The summed E-state index contributed by atoms with van der Waals surface area (Å²) < 4.78 is 25.1. The summed E-state index contributed by atoms with van der Waals surface area (Å²) in [5.41, 5.74) is 3.84. The van der Waals surface area contributed by atoms with Crippen LogP contribution in [0.2, 0.25) is 0 Å². The first-order valence-electron chi connectivity index (χ1n) is 10.0. The third kappa shape index (κ3) is 5.80. The van der Waals surface area contributed by atoms with E-state index in [-0.39, 0.29) is 17.2 Å². The number of carbonyl (C=O) groups excluding carboxylic acids is 1. The van der Waals surface area contributed by atoms with E-state index in [1.165, 1.54) is 12.1 Å². The van der Waals surface area contributed by atoms with Crippen LogP contribution < -0.4 is 10.6 Å². The summed E-state index contributed by atoms with van der Waals surface area (Å²) in [4.78, 5) is 21.2. The highest BCUT2D eigenvalue weighted by Gasteiger charge is 2.10. The van der Waals surface area contributed by atoms with Gasteiger partial charge in [0.25, 0.3) is 0 Å². The maximum Gasteiger partial charge on any atom is 0.228 e. The largest absolute Gasteiger partial charge is 0.326 e. The highest BCUT2D eigenvalue weighted by Crippen LogP contribution is 2.21. The van der Waals surface area contributed by atoms with Crippen molar-refractivity contribution in [3.8, 4) is 11.1 Å². The van der Waals surface area contributed by atoms with Gasteiger partial charge >= 0.3 is 0 Å². The van der Waals surface area contributed by atoms with Gasteiger partial charge in [-0.25, -0.2) is 18.4 Å². The zero-order valence-corrected chi connectivity index (χ0v) is 18.9. The van der Waals surface area contributed by atoms with Gasteiger partial charge in [-0.1, -0.05) is 30.3 Å². The third-order valence-corrected chi connectivity index (χ3v) is 5.92. The first-order chi connectivity index (χ1) is 15.8. The fraction of sp³-hybridized carbons (Fsp3) is 0.130. The molecule has 168 valence electrons. The van der Waals surface area contributed by atoms with Crippen LogP contribution in [0.3, 0.4) is 0 Å². The Labute approximate surface area is 191 Å². The summed E-state index contributed by atoms with van der Waals surface area (Å²) >= 11 is 0. The molecule has 0 unspecified atom stereocenters. The van der Waals surface area contributed by atoms with Crippen molar-refractivity contribution in [2.75, 3.05) is 16.9 Å².